The van der Waals surface area contributed by atoms with E-state index in [1.807, 2.05) is 19.1 Å². The monoisotopic (exact) mass is 319 g/mol. The molecular weight excluding hydrogens is 302 g/mol. The van der Waals surface area contributed by atoms with Crippen molar-refractivity contribution in [3.8, 4) is 11.8 Å². The Morgan fingerprint density at radius 2 is 2.26 bits per heavy atom. The second kappa shape index (κ2) is 6.79. The van der Waals surface area contributed by atoms with Gasteiger partial charge in [0.15, 0.2) is 0 Å². The van der Waals surface area contributed by atoms with Gasteiger partial charge in [0.05, 0.1) is 10.5 Å². The van der Waals surface area contributed by atoms with Gasteiger partial charge in [-0.3, -0.25) is 0 Å². The van der Waals surface area contributed by atoms with Crippen molar-refractivity contribution in [1.29, 1.82) is 0 Å². The molecule has 1 aromatic heterocycles. The van der Waals surface area contributed by atoms with Crippen LogP contribution in [0, 0.1) is 11.8 Å². The number of halogens is 1. The van der Waals surface area contributed by atoms with E-state index < -0.39 is 0 Å². The van der Waals surface area contributed by atoms with E-state index in [-0.39, 0.29) is 6.04 Å². The van der Waals surface area contributed by atoms with E-state index >= 15 is 0 Å². The highest BCUT2D eigenvalue weighted by Crippen LogP contribution is 2.31. The summed E-state index contributed by atoms with van der Waals surface area (Å²) in [7, 11) is 0. The van der Waals surface area contributed by atoms with Crippen molar-refractivity contribution in [2.75, 3.05) is 6.54 Å². The van der Waals surface area contributed by atoms with Gasteiger partial charge in [-0.05, 0) is 48.0 Å². The van der Waals surface area contributed by atoms with Gasteiger partial charge in [-0.15, -0.1) is 11.8 Å². The lowest BCUT2D eigenvalue weighted by atomic mass is 10.1. The van der Waals surface area contributed by atoms with E-state index in [0.29, 0.717) is 0 Å². The molecule has 2 rings (SSSR count). The first-order valence-corrected chi connectivity index (χ1v) is 7.36. The van der Waals surface area contributed by atoms with E-state index in [1.165, 1.54) is 0 Å². The van der Waals surface area contributed by atoms with Gasteiger partial charge in [-0.2, -0.15) is 0 Å². The van der Waals surface area contributed by atoms with Crippen LogP contribution in [-0.2, 0) is 0 Å². The third-order valence-corrected chi connectivity index (χ3v) is 3.67. The summed E-state index contributed by atoms with van der Waals surface area (Å²) in [5.41, 5.74) is 0.918. The molecule has 2 aromatic rings. The number of nitrogens with one attached hydrogen (secondary N) is 1. The molecule has 0 aliphatic rings. The Morgan fingerprint density at radius 3 is 2.95 bits per heavy atom. The summed E-state index contributed by atoms with van der Waals surface area (Å²) in [6.07, 6.45) is 1.85. The smallest absolute Gasteiger partial charge is 0.148 e. The molecule has 0 bridgehead atoms. The minimum absolute atomic E-state index is 0.227. The topological polar surface area (TPSA) is 25.2 Å². The van der Waals surface area contributed by atoms with Crippen LogP contribution in [0.4, 0.5) is 0 Å². The SMILES string of the molecule is CC#CCCC(NCC)c1cc2cccc(Br)c2o1. The summed E-state index contributed by atoms with van der Waals surface area (Å²) >= 11 is 3.53. The van der Waals surface area contributed by atoms with Crippen LogP contribution < -0.4 is 5.32 Å². The molecule has 19 heavy (non-hydrogen) atoms. The average molecular weight is 320 g/mol. The molecule has 1 unspecified atom stereocenters. The molecule has 1 N–H and O–H groups in total. The number of fused-ring (bicyclic) bond motifs is 1. The van der Waals surface area contributed by atoms with Gasteiger partial charge in [-0.25, -0.2) is 0 Å². The fourth-order valence-electron chi connectivity index (χ4n) is 2.15. The molecule has 0 fully saturated rings. The summed E-state index contributed by atoms with van der Waals surface area (Å²) in [4.78, 5) is 0. The van der Waals surface area contributed by atoms with Crippen LogP contribution in [0.25, 0.3) is 11.0 Å². The first-order valence-electron chi connectivity index (χ1n) is 6.57. The third kappa shape index (κ3) is 3.40. The van der Waals surface area contributed by atoms with Crippen LogP contribution in [0.2, 0.25) is 0 Å². The fraction of sp³-hybridized carbons (Fsp3) is 0.375. The third-order valence-electron chi connectivity index (χ3n) is 3.04. The van der Waals surface area contributed by atoms with Gasteiger partial charge in [-0.1, -0.05) is 19.1 Å². The summed E-state index contributed by atoms with van der Waals surface area (Å²) in [5.74, 6) is 7.04. The predicted octanol–water partition coefficient (Wildman–Crippen LogP) is 4.65. The van der Waals surface area contributed by atoms with Crippen LogP contribution in [0.15, 0.2) is 33.2 Å². The molecule has 3 heteroatoms. The molecule has 2 nitrogen and oxygen atoms in total. The molecule has 0 aliphatic carbocycles. The highest BCUT2D eigenvalue weighted by molar-refractivity contribution is 9.10. The van der Waals surface area contributed by atoms with Crippen molar-refractivity contribution in [3.05, 3.63) is 34.5 Å². The molecule has 0 amide bonds. The molecule has 0 radical (unpaired) electrons. The lowest BCUT2D eigenvalue weighted by Crippen LogP contribution is -2.20. The van der Waals surface area contributed by atoms with Crippen molar-refractivity contribution in [3.63, 3.8) is 0 Å². The summed E-state index contributed by atoms with van der Waals surface area (Å²) in [6.45, 7) is 4.90. The maximum atomic E-state index is 5.99. The van der Waals surface area contributed by atoms with Crippen LogP contribution in [0.5, 0.6) is 0 Å². The van der Waals surface area contributed by atoms with Crippen LogP contribution >= 0.6 is 15.9 Å². The Balaban J connectivity index is 2.27. The Kier molecular flexibility index (Phi) is 5.07. The van der Waals surface area contributed by atoms with E-state index in [0.717, 1.165) is 40.6 Å². The maximum Gasteiger partial charge on any atom is 0.148 e. The Hall–Kier alpha value is -1.24. The zero-order chi connectivity index (χ0) is 13.7. The van der Waals surface area contributed by atoms with E-state index in [9.17, 15) is 0 Å². The van der Waals surface area contributed by atoms with Crippen LogP contribution in [0.3, 0.4) is 0 Å². The van der Waals surface area contributed by atoms with E-state index in [4.69, 9.17) is 4.42 Å². The normalized spacial score (nSPS) is 12.2. The van der Waals surface area contributed by atoms with Crippen molar-refractivity contribution >= 4 is 26.9 Å². The second-order valence-electron chi connectivity index (χ2n) is 4.38. The molecule has 1 atom stereocenters. The largest absolute Gasteiger partial charge is 0.458 e. The second-order valence-corrected chi connectivity index (χ2v) is 5.24. The standard InChI is InChI=1S/C16H18BrNO/c1-3-5-6-10-14(18-4-2)15-11-12-8-7-9-13(17)16(12)19-15/h7-9,11,14,18H,4,6,10H2,1-2H3. The quantitative estimate of drug-likeness (QED) is 0.811. The molecule has 0 saturated carbocycles. The van der Waals surface area contributed by atoms with E-state index in [1.54, 1.807) is 0 Å². The Labute approximate surface area is 122 Å². The Bertz CT molecular complexity index is 606. The van der Waals surface area contributed by atoms with Gasteiger partial charge >= 0.3 is 0 Å². The van der Waals surface area contributed by atoms with Crippen molar-refractivity contribution < 1.29 is 4.42 Å². The average Bonchev–Trinajstić information content (AvgIpc) is 2.83. The van der Waals surface area contributed by atoms with Gasteiger partial charge in [0.1, 0.15) is 11.3 Å². The summed E-state index contributed by atoms with van der Waals surface area (Å²) < 4.78 is 6.99. The van der Waals surface area contributed by atoms with Crippen LogP contribution in [0.1, 0.15) is 38.5 Å². The molecule has 100 valence electrons. The lowest BCUT2D eigenvalue weighted by molar-refractivity contribution is 0.420. The summed E-state index contributed by atoms with van der Waals surface area (Å²) in [6, 6.07) is 8.44. The predicted molar refractivity (Wildman–Crippen MR) is 83.0 cm³/mol. The van der Waals surface area contributed by atoms with Gasteiger partial charge in [0.2, 0.25) is 0 Å². The zero-order valence-electron chi connectivity index (χ0n) is 11.3. The molecule has 0 aliphatic heterocycles. The minimum atomic E-state index is 0.227. The fourth-order valence-corrected chi connectivity index (χ4v) is 2.61. The highest BCUT2D eigenvalue weighted by Gasteiger charge is 2.15. The van der Waals surface area contributed by atoms with Gasteiger partial charge in [0, 0.05) is 11.8 Å². The van der Waals surface area contributed by atoms with Crippen molar-refractivity contribution in [2.24, 2.45) is 0 Å². The first kappa shape index (κ1) is 14.2. The molecule has 0 saturated heterocycles. The number of hydrogen-bond donors (Lipinski definition) is 1. The maximum absolute atomic E-state index is 5.99. The number of benzene rings is 1. The van der Waals surface area contributed by atoms with Gasteiger partial charge in [0.25, 0.3) is 0 Å². The van der Waals surface area contributed by atoms with Crippen LogP contribution in [-0.4, -0.2) is 6.54 Å². The molecule has 1 heterocycles. The molecular formula is C16H18BrNO. The van der Waals surface area contributed by atoms with Crippen molar-refractivity contribution in [2.45, 2.75) is 32.7 Å². The summed E-state index contributed by atoms with van der Waals surface area (Å²) in [5, 5.41) is 4.59. The number of para-hydroxylation sites is 1. The first-order chi connectivity index (χ1) is 9.26. The number of hydrogen-bond acceptors (Lipinski definition) is 2. The van der Waals surface area contributed by atoms with Gasteiger partial charge < -0.3 is 9.73 Å². The minimum Gasteiger partial charge on any atom is -0.458 e. The molecule has 0 spiro atoms. The number of rotatable bonds is 5. The van der Waals surface area contributed by atoms with Crippen molar-refractivity contribution in [1.82, 2.24) is 5.32 Å². The lowest BCUT2D eigenvalue weighted by Gasteiger charge is -2.13. The highest BCUT2D eigenvalue weighted by atomic mass is 79.9. The Morgan fingerprint density at radius 1 is 1.42 bits per heavy atom. The molecule has 1 aromatic carbocycles. The number of furan rings is 1. The van der Waals surface area contributed by atoms with E-state index in [2.05, 4.69) is 52.1 Å². The zero-order valence-corrected chi connectivity index (χ0v) is 12.9.